The van der Waals surface area contributed by atoms with Crippen molar-refractivity contribution in [3.05, 3.63) is 36.5 Å². The van der Waals surface area contributed by atoms with Crippen molar-refractivity contribution in [1.29, 1.82) is 0 Å². The minimum atomic E-state index is 0.0936. The predicted molar refractivity (Wildman–Crippen MR) is 59.3 cm³/mol. The third kappa shape index (κ3) is 2.25. The number of nitrogens with two attached hydrogens (primary N) is 1. The molecule has 0 aliphatic heterocycles. The monoisotopic (exact) mass is 203 g/mol. The molecule has 5 heteroatoms. The lowest BCUT2D eigenvalue weighted by Gasteiger charge is -2.11. The standard InChI is InChI=1S/C10H13N5/c1-7(10-12-4-5-13-10)15-9-3-2-8(11)6-14-9/h2-7H,11H2,1H3,(H,12,13)(H,14,15). The molecule has 2 aromatic rings. The summed E-state index contributed by atoms with van der Waals surface area (Å²) < 4.78 is 0. The van der Waals surface area contributed by atoms with Gasteiger partial charge in [-0.05, 0) is 19.1 Å². The van der Waals surface area contributed by atoms with E-state index in [1.165, 1.54) is 0 Å². The van der Waals surface area contributed by atoms with Crippen molar-refractivity contribution in [3.8, 4) is 0 Å². The van der Waals surface area contributed by atoms with Crippen LogP contribution in [0.4, 0.5) is 11.5 Å². The zero-order chi connectivity index (χ0) is 10.7. The summed E-state index contributed by atoms with van der Waals surface area (Å²) in [6, 6.07) is 3.75. The lowest BCUT2D eigenvalue weighted by molar-refractivity contribution is 0.804. The van der Waals surface area contributed by atoms with E-state index in [1.807, 2.05) is 19.1 Å². The van der Waals surface area contributed by atoms with Crippen LogP contribution >= 0.6 is 0 Å². The molecule has 1 unspecified atom stereocenters. The number of rotatable bonds is 3. The quantitative estimate of drug-likeness (QED) is 0.707. The van der Waals surface area contributed by atoms with Crippen molar-refractivity contribution >= 4 is 11.5 Å². The van der Waals surface area contributed by atoms with Gasteiger partial charge in [-0.1, -0.05) is 0 Å². The lowest BCUT2D eigenvalue weighted by Crippen LogP contribution is -2.09. The molecule has 78 valence electrons. The number of hydrogen-bond donors (Lipinski definition) is 3. The van der Waals surface area contributed by atoms with Gasteiger partial charge in [-0.25, -0.2) is 9.97 Å². The van der Waals surface area contributed by atoms with Gasteiger partial charge < -0.3 is 16.0 Å². The Balaban J connectivity index is 2.06. The van der Waals surface area contributed by atoms with Crippen LogP contribution in [0.25, 0.3) is 0 Å². The predicted octanol–water partition coefficient (Wildman–Crippen LogP) is 1.56. The molecule has 0 radical (unpaired) electrons. The van der Waals surface area contributed by atoms with Crippen LogP contribution in [0.1, 0.15) is 18.8 Å². The largest absolute Gasteiger partial charge is 0.397 e. The van der Waals surface area contributed by atoms with Crippen LogP contribution in [0.2, 0.25) is 0 Å². The molecule has 15 heavy (non-hydrogen) atoms. The molecule has 1 atom stereocenters. The summed E-state index contributed by atoms with van der Waals surface area (Å²) in [7, 11) is 0. The van der Waals surface area contributed by atoms with Gasteiger partial charge in [0.25, 0.3) is 0 Å². The highest BCUT2D eigenvalue weighted by Crippen LogP contribution is 2.14. The molecule has 0 amide bonds. The summed E-state index contributed by atoms with van der Waals surface area (Å²) in [5.41, 5.74) is 6.20. The van der Waals surface area contributed by atoms with E-state index in [4.69, 9.17) is 5.73 Å². The Morgan fingerprint density at radius 1 is 1.40 bits per heavy atom. The molecule has 0 aromatic carbocycles. The Labute approximate surface area is 87.8 Å². The van der Waals surface area contributed by atoms with Gasteiger partial charge in [0.2, 0.25) is 0 Å². The normalized spacial score (nSPS) is 12.3. The second-order valence-corrected chi connectivity index (χ2v) is 3.32. The number of H-pyrrole nitrogens is 1. The highest BCUT2D eigenvalue weighted by atomic mass is 15.1. The fourth-order valence-corrected chi connectivity index (χ4v) is 1.30. The van der Waals surface area contributed by atoms with E-state index in [0.29, 0.717) is 5.69 Å². The first-order valence-electron chi connectivity index (χ1n) is 4.73. The molecule has 0 saturated carbocycles. The Morgan fingerprint density at radius 2 is 2.27 bits per heavy atom. The number of imidazole rings is 1. The van der Waals surface area contributed by atoms with E-state index in [1.54, 1.807) is 18.6 Å². The van der Waals surface area contributed by atoms with Crippen molar-refractivity contribution in [3.63, 3.8) is 0 Å². The maximum Gasteiger partial charge on any atom is 0.128 e. The van der Waals surface area contributed by atoms with Crippen molar-refractivity contribution < 1.29 is 0 Å². The average Bonchev–Trinajstić information content (AvgIpc) is 2.74. The van der Waals surface area contributed by atoms with E-state index >= 15 is 0 Å². The van der Waals surface area contributed by atoms with Gasteiger partial charge in [-0.15, -0.1) is 0 Å². The lowest BCUT2D eigenvalue weighted by atomic mass is 10.3. The summed E-state index contributed by atoms with van der Waals surface area (Å²) in [4.78, 5) is 11.4. The van der Waals surface area contributed by atoms with Gasteiger partial charge in [0.05, 0.1) is 17.9 Å². The second kappa shape index (κ2) is 4.00. The number of anilines is 2. The number of pyridine rings is 1. The Morgan fingerprint density at radius 3 is 2.87 bits per heavy atom. The summed E-state index contributed by atoms with van der Waals surface area (Å²) in [5, 5.41) is 3.21. The van der Waals surface area contributed by atoms with Gasteiger partial charge in [-0.2, -0.15) is 0 Å². The minimum absolute atomic E-state index is 0.0936. The Bertz CT molecular complexity index is 406. The number of nitrogens with one attached hydrogen (secondary N) is 2. The zero-order valence-electron chi connectivity index (χ0n) is 8.44. The first-order chi connectivity index (χ1) is 7.25. The number of nitrogen functional groups attached to an aromatic ring is 1. The topological polar surface area (TPSA) is 79.6 Å². The molecule has 0 bridgehead atoms. The summed E-state index contributed by atoms with van der Waals surface area (Å²) in [6.45, 7) is 2.01. The third-order valence-corrected chi connectivity index (χ3v) is 2.08. The van der Waals surface area contributed by atoms with Crippen LogP contribution in [-0.4, -0.2) is 15.0 Å². The molecule has 2 aromatic heterocycles. The maximum absolute atomic E-state index is 5.54. The van der Waals surface area contributed by atoms with Crippen LogP contribution in [0.5, 0.6) is 0 Å². The molecular weight excluding hydrogens is 190 g/mol. The molecule has 0 aliphatic rings. The Hall–Kier alpha value is -2.04. The van der Waals surface area contributed by atoms with E-state index in [9.17, 15) is 0 Å². The first-order valence-corrected chi connectivity index (χ1v) is 4.73. The molecule has 0 spiro atoms. The number of aromatic amines is 1. The van der Waals surface area contributed by atoms with Gasteiger partial charge in [-0.3, -0.25) is 0 Å². The highest BCUT2D eigenvalue weighted by molar-refractivity contribution is 5.44. The van der Waals surface area contributed by atoms with Crippen molar-refractivity contribution in [2.45, 2.75) is 13.0 Å². The van der Waals surface area contributed by atoms with Crippen molar-refractivity contribution in [2.75, 3.05) is 11.1 Å². The van der Waals surface area contributed by atoms with Crippen molar-refractivity contribution in [2.24, 2.45) is 0 Å². The summed E-state index contributed by atoms with van der Waals surface area (Å²) >= 11 is 0. The molecule has 5 nitrogen and oxygen atoms in total. The molecule has 2 heterocycles. The van der Waals surface area contributed by atoms with Crippen LogP contribution < -0.4 is 11.1 Å². The van der Waals surface area contributed by atoms with E-state index in [-0.39, 0.29) is 6.04 Å². The van der Waals surface area contributed by atoms with E-state index in [2.05, 4.69) is 20.3 Å². The van der Waals surface area contributed by atoms with Gasteiger partial charge >= 0.3 is 0 Å². The summed E-state index contributed by atoms with van der Waals surface area (Å²) in [5.74, 6) is 1.67. The molecule has 0 saturated heterocycles. The third-order valence-electron chi connectivity index (χ3n) is 2.08. The van der Waals surface area contributed by atoms with Crippen LogP contribution in [0.3, 0.4) is 0 Å². The average molecular weight is 203 g/mol. The van der Waals surface area contributed by atoms with Crippen LogP contribution in [0.15, 0.2) is 30.7 Å². The minimum Gasteiger partial charge on any atom is -0.397 e. The Kier molecular flexibility index (Phi) is 2.53. The van der Waals surface area contributed by atoms with Gasteiger partial charge in [0, 0.05) is 12.4 Å². The second-order valence-electron chi connectivity index (χ2n) is 3.32. The maximum atomic E-state index is 5.54. The van der Waals surface area contributed by atoms with Gasteiger partial charge in [0.1, 0.15) is 11.6 Å². The van der Waals surface area contributed by atoms with Crippen LogP contribution in [-0.2, 0) is 0 Å². The first kappa shape index (κ1) is 9.51. The molecular formula is C10H13N5. The smallest absolute Gasteiger partial charge is 0.128 e. The van der Waals surface area contributed by atoms with E-state index in [0.717, 1.165) is 11.6 Å². The molecule has 0 aliphatic carbocycles. The fraction of sp³-hybridized carbons (Fsp3) is 0.200. The molecule has 0 fully saturated rings. The number of nitrogens with zero attached hydrogens (tertiary/aromatic N) is 2. The highest BCUT2D eigenvalue weighted by Gasteiger charge is 2.07. The van der Waals surface area contributed by atoms with E-state index < -0.39 is 0 Å². The molecule has 2 rings (SSSR count). The number of aromatic nitrogens is 3. The van der Waals surface area contributed by atoms with Crippen LogP contribution in [0, 0.1) is 0 Å². The number of hydrogen-bond acceptors (Lipinski definition) is 4. The fourth-order valence-electron chi connectivity index (χ4n) is 1.30. The SMILES string of the molecule is CC(Nc1ccc(N)cn1)c1ncc[nH]1. The van der Waals surface area contributed by atoms with Crippen molar-refractivity contribution in [1.82, 2.24) is 15.0 Å². The zero-order valence-corrected chi connectivity index (χ0v) is 8.44. The molecule has 4 N–H and O–H groups in total. The summed E-state index contributed by atoms with van der Waals surface area (Å²) in [6.07, 6.45) is 5.14. The van der Waals surface area contributed by atoms with Gasteiger partial charge in [0.15, 0.2) is 0 Å².